The summed E-state index contributed by atoms with van der Waals surface area (Å²) in [7, 11) is 2.08. The van der Waals surface area contributed by atoms with E-state index in [1.54, 1.807) is 0 Å². The lowest BCUT2D eigenvalue weighted by atomic mass is 9.96. The van der Waals surface area contributed by atoms with E-state index in [9.17, 15) is 5.11 Å². The first kappa shape index (κ1) is 11.2. The van der Waals surface area contributed by atoms with Crippen molar-refractivity contribution in [3.8, 4) is 0 Å². The third-order valence-electron chi connectivity index (χ3n) is 3.51. The van der Waals surface area contributed by atoms with Gasteiger partial charge in [0, 0.05) is 23.6 Å². The molecular weight excluding hydrogens is 198 g/mol. The third kappa shape index (κ3) is 1.54. The second-order valence-corrected chi connectivity index (χ2v) is 5.06. The molecule has 0 bridgehead atoms. The van der Waals surface area contributed by atoms with E-state index >= 15 is 0 Å². The van der Waals surface area contributed by atoms with Crippen LogP contribution in [0.3, 0.4) is 0 Å². The fourth-order valence-corrected chi connectivity index (χ4v) is 2.14. The number of nitrogens with zero attached hydrogens (tertiary/aromatic N) is 1. The molecule has 0 saturated heterocycles. The molecule has 16 heavy (non-hydrogen) atoms. The molecule has 0 spiro atoms. The molecule has 1 aromatic heterocycles. The Balaban J connectivity index is 2.77. The molecule has 1 aromatic carbocycles. The van der Waals surface area contributed by atoms with Gasteiger partial charge >= 0.3 is 0 Å². The highest BCUT2D eigenvalue weighted by atomic mass is 16.3. The Morgan fingerprint density at radius 3 is 2.38 bits per heavy atom. The van der Waals surface area contributed by atoms with Crippen molar-refractivity contribution in [3.63, 3.8) is 0 Å². The third-order valence-corrected chi connectivity index (χ3v) is 3.51. The van der Waals surface area contributed by atoms with E-state index < -0.39 is 5.60 Å². The van der Waals surface area contributed by atoms with Crippen LogP contribution in [0.15, 0.2) is 18.2 Å². The Morgan fingerprint density at radius 1 is 1.19 bits per heavy atom. The average molecular weight is 217 g/mol. The lowest BCUT2D eigenvalue weighted by Gasteiger charge is -2.17. The van der Waals surface area contributed by atoms with E-state index in [-0.39, 0.29) is 0 Å². The smallest absolute Gasteiger partial charge is 0.0840 e. The zero-order valence-electron chi connectivity index (χ0n) is 10.6. The second kappa shape index (κ2) is 3.36. The number of aromatic nitrogens is 1. The molecule has 1 N–H and O–H groups in total. The van der Waals surface area contributed by atoms with Crippen LogP contribution in [0.2, 0.25) is 0 Å². The lowest BCUT2D eigenvalue weighted by Crippen LogP contribution is -2.15. The van der Waals surface area contributed by atoms with E-state index in [4.69, 9.17) is 0 Å². The van der Waals surface area contributed by atoms with Gasteiger partial charge in [-0.2, -0.15) is 0 Å². The predicted octanol–water partition coefficient (Wildman–Crippen LogP) is 3.02. The van der Waals surface area contributed by atoms with Crippen LogP contribution in [0.25, 0.3) is 10.9 Å². The molecule has 2 nitrogen and oxygen atoms in total. The fraction of sp³-hybridized carbons (Fsp3) is 0.429. The number of hydrogen-bond donors (Lipinski definition) is 1. The first-order chi connectivity index (χ1) is 7.32. The molecule has 0 fully saturated rings. The molecule has 0 aliphatic carbocycles. The van der Waals surface area contributed by atoms with Crippen molar-refractivity contribution in [2.75, 3.05) is 0 Å². The van der Waals surface area contributed by atoms with E-state index in [2.05, 4.69) is 37.6 Å². The quantitative estimate of drug-likeness (QED) is 0.780. The highest BCUT2D eigenvalue weighted by Crippen LogP contribution is 2.29. The molecule has 1 heterocycles. The fourth-order valence-electron chi connectivity index (χ4n) is 2.14. The lowest BCUT2D eigenvalue weighted by molar-refractivity contribution is 0.0787. The summed E-state index contributed by atoms with van der Waals surface area (Å²) in [5, 5.41) is 11.2. The topological polar surface area (TPSA) is 25.2 Å². The van der Waals surface area contributed by atoms with Crippen molar-refractivity contribution in [2.24, 2.45) is 7.05 Å². The molecule has 0 saturated carbocycles. The first-order valence-corrected chi connectivity index (χ1v) is 5.61. The Hall–Kier alpha value is -1.28. The molecule has 2 aromatic rings. The highest BCUT2D eigenvalue weighted by Gasteiger charge is 2.17. The summed E-state index contributed by atoms with van der Waals surface area (Å²) in [5.74, 6) is 0. The highest BCUT2D eigenvalue weighted by molar-refractivity contribution is 5.86. The molecule has 0 unspecified atom stereocenters. The van der Waals surface area contributed by atoms with Gasteiger partial charge in [-0.3, -0.25) is 0 Å². The van der Waals surface area contributed by atoms with Crippen molar-refractivity contribution in [3.05, 3.63) is 35.0 Å². The number of hydrogen-bond acceptors (Lipinski definition) is 1. The van der Waals surface area contributed by atoms with E-state index in [1.165, 1.54) is 22.2 Å². The van der Waals surface area contributed by atoms with E-state index in [0.717, 1.165) is 5.56 Å². The van der Waals surface area contributed by atoms with Crippen LogP contribution in [0.4, 0.5) is 0 Å². The van der Waals surface area contributed by atoms with Gasteiger partial charge < -0.3 is 9.67 Å². The van der Waals surface area contributed by atoms with Gasteiger partial charge in [-0.15, -0.1) is 0 Å². The summed E-state index contributed by atoms with van der Waals surface area (Å²) in [5.41, 5.74) is 3.99. The predicted molar refractivity (Wildman–Crippen MR) is 67.6 cm³/mol. The average Bonchev–Trinajstić information content (AvgIpc) is 2.43. The largest absolute Gasteiger partial charge is 0.386 e. The minimum atomic E-state index is -0.773. The molecule has 2 rings (SSSR count). The Morgan fingerprint density at radius 2 is 1.81 bits per heavy atom. The Labute approximate surface area is 96.5 Å². The zero-order valence-corrected chi connectivity index (χ0v) is 10.6. The number of rotatable bonds is 1. The SMILES string of the molecule is Cc1c(C)n(C)c2ccc(C(C)(C)O)cc12. The molecule has 2 heteroatoms. The van der Waals surface area contributed by atoms with Gasteiger partial charge in [0.1, 0.15) is 0 Å². The van der Waals surface area contributed by atoms with Gasteiger partial charge in [0.25, 0.3) is 0 Å². The summed E-state index contributed by atoms with van der Waals surface area (Å²) in [6.07, 6.45) is 0. The van der Waals surface area contributed by atoms with E-state index in [0.29, 0.717) is 0 Å². The zero-order chi connectivity index (χ0) is 12.1. The molecular formula is C14H19NO. The van der Waals surface area contributed by atoms with E-state index in [1.807, 2.05) is 19.9 Å². The van der Waals surface area contributed by atoms with Gasteiger partial charge in [-0.1, -0.05) is 6.07 Å². The van der Waals surface area contributed by atoms with Crippen molar-refractivity contribution >= 4 is 10.9 Å². The summed E-state index contributed by atoms with van der Waals surface area (Å²) < 4.78 is 2.19. The summed E-state index contributed by atoms with van der Waals surface area (Å²) >= 11 is 0. The standard InChI is InChI=1S/C14H19NO/c1-9-10(2)15(5)13-7-6-11(8-12(9)13)14(3,4)16/h6-8,16H,1-5H3. The summed E-state index contributed by atoms with van der Waals surface area (Å²) in [6, 6.07) is 6.18. The van der Waals surface area contributed by atoms with Gasteiger partial charge in [0.15, 0.2) is 0 Å². The van der Waals surface area contributed by atoms with Crippen LogP contribution in [-0.4, -0.2) is 9.67 Å². The molecule has 0 atom stereocenters. The molecule has 0 radical (unpaired) electrons. The maximum atomic E-state index is 10.0. The van der Waals surface area contributed by atoms with Crippen LogP contribution in [-0.2, 0) is 12.6 Å². The van der Waals surface area contributed by atoms with Gasteiger partial charge in [0.05, 0.1) is 5.60 Å². The van der Waals surface area contributed by atoms with Crippen LogP contribution < -0.4 is 0 Å². The van der Waals surface area contributed by atoms with Gasteiger partial charge in [-0.25, -0.2) is 0 Å². The second-order valence-electron chi connectivity index (χ2n) is 5.06. The van der Waals surface area contributed by atoms with Crippen LogP contribution in [0, 0.1) is 13.8 Å². The molecule has 0 aliphatic heterocycles. The minimum absolute atomic E-state index is 0.773. The number of fused-ring (bicyclic) bond motifs is 1. The molecule has 0 amide bonds. The summed E-state index contributed by atoms with van der Waals surface area (Å²) in [6.45, 7) is 7.89. The normalized spacial score (nSPS) is 12.4. The van der Waals surface area contributed by atoms with Crippen molar-refractivity contribution in [1.82, 2.24) is 4.57 Å². The number of aryl methyl sites for hydroxylation is 2. The van der Waals surface area contributed by atoms with Crippen molar-refractivity contribution in [2.45, 2.75) is 33.3 Å². The van der Waals surface area contributed by atoms with Crippen LogP contribution in [0.1, 0.15) is 30.7 Å². The number of benzene rings is 1. The number of aliphatic hydroxyl groups is 1. The van der Waals surface area contributed by atoms with Crippen molar-refractivity contribution < 1.29 is 5.11 Å². The maximum Gasteiger partial charge on any atom is 0.0840 e. The van der Waals surface area contributed by atoms with Crippen LogP contribution >= 0.6 is 0 Å². The molecule has 0 aliphatic rings. The molecule has 86 valence electrons. The monoisotopic (exact) mass is 217 g/mol. The van der Waals surface area contributed by atoms with Crippen molar-refractivity contribution in [1.29, 1.82) is 0 Å². The Bertz CT molecular complexity index is 544. The Kier molecular flexibility index (Phi) is 2.35. The van der Waals surface area contributed by atoms with Gasteiger partial charge in [0.2, 0.25) is 0 Å². The first-order valence-electron chi connectivity index (χ1n) is 5.61. The maximum absolute atomic E-state index is 10.0. The minimum Gasteiger partial charge on any atom is -0.386 e. The van der Waals surface area contributed by atoms with Crippen LogP contribution in [0.5, 0.6) is 0 Å². The summed E-state index contributed by atoms with van der Waals surface area (Å²) in [4.78, 5) is 0. The van der Waals surface area contributed by atoms with Gasteiger partial charge in [-0.05, 0) is 51.0 Å².